The van der Waals surface area contributed by atoms with Crippen LogP contribution >= 0.6 is 15.9 Å². The molecule has 5 nitrogen and oxygen atoms in total. The Kier molecular flexibility index (Phi) is 3.47. The number of likely N-dealkylation sites (tertiary alicyclic amines) is 1. The Labute approximate surface area is 160 Å². The van der Waals surface area contributed by atoms with Crippen LogP contribution in [-0.2, 0) is 20.5 Å². The molecular formula is C20H18BrN3O2. The number of aromatic nitrogens is 1. The number of fused-ring (bicyclic) bond motifs is 2. The topological polar surface area (TPSA) is 54.8 Å². The van der Waals surface area contributed by atoms with E-state index in [0.29, 0.717) is 13.1 Å². The number of halogens is 1. The summed E-state index contributed by atoms with van der Waals surface area (Å²) in [6.45, 7) is 1.26. The molecule has 2 fully saturated rings. The highest BCUT2D eigenvalue weighted by molar-refractivity contribution is 9.10. The van der Waals surface area contributed by atoms with E-state index in [9.17, 15) is 4.79 Å². The number of benzene rings is 1. The van der Waals surface area contributed by atoms with Crippen molar-refractivity contribution in [2.24, 2.45) is 4.99 Å². The van der Waals surface area contributed by atoms with E-state index in [1.54, 1.807) is 12.4 Å². The molecule has 1 amide bonds. The van der Waals surface area contributed by atoms with Gasteiger partial charge in [-0.25, -0.2) is 4.99 Å². The first-order valence-corrected chi connectivity index (χ1v) is 9.63. The fraction of sp³-hybridized carbons (Fsp3) is 0.350. The summed E-state index contributed by atoms with van der Waals surface area (Å²) in [7, 11) is 0. The van der Waals surface area contributed by atoms with E-state index in [0.717, 1.165) is 40.5 Å². The molecule has 3 aliphatic rings. The molecule has 1 aliphatic carbocycles. The van der Waals surface area contributed by atoms with Gasteiger partial charge in [0.1, 0.15) is 0 Å². The Morgan fingerprint density at radius 2 is 2.12 bits per heavy atom. The predicted octanol–water partition coefficient (Wildman–Crippen LogP) is 3.69. The van der Waals surface area contributed by atoms with Crippen molar-refractivity contribution in [1.29, 1.82) is 0 Å². The van der Waals surface area contributed by atoms with Gasteiger partial charge >= 0.3 is 0 Å². The van der Waals surface area contributed by atoms with Crippen molar-refractivity contribution in [1.82, 2.24) is 9.88 Å². The van der Waals surface area contributed by atoms with Crippen molar-refractivity contribution in [3.8, 4) is 0 Å². The Morgan fingerprint density at radius 3 is 2.92 bits per heavy atom. The number of rotatable bonds is 2. The molecule has 1 saturated heterocycles. The lowest BCUT2D eigenvalue weighted by atomic mass is 9.91. The average molecular weight is 412 g/mol. The molecule has 1 spiro atoms. The first kappa shape index (κ1) is 16.0. The quantitative estimate of drug-likeness (QED) is 0.756. The van der Waals surface area contributed by atoms with Gasteiger partial charge in [-0.15, -0.1) is 0 Å². The van der Waals surface area contributed by atoms with Crippen LogP contribution in [-0.4, -0.2) is 35.3 Å². The fourth-order valence-corrected chi connectivity index (χ4v) is 4.63. The maximum absolute atomic E-state index is 13.4. The normalized spacial score (nSPS) is 25.0. The second kappa shape index (κ2) is 5.64. The van der Waals surface area contributed by atoms with Gasteiger partial charge in [0.2, 0.25) is 5.91 Å². The van der Waals surface area contributed by atoms with E-state index in [4.69, 9.17) is 4.74 Å². The van der Waals surface area contributed by atoms with Crippen LogP contribution in [0.2, 0.25) is 0 Å². The summed E-state index contributed by atoms with van der Waals surface area (Å²) in [4.78, 5) is 23.8. The van der Waals surface area contributed by atoms with Crippen LogP contribution in [0.4, 0.5) is 5.69 Å². The first-order valence-electron chi connectivity index (χ1n) is 8.83. The molecule has 3 heterocycles. The third kappa shape index (κ3) is 2.31. The van der Waals surface area contributed by atoms with Gasteiger partial charge in [0.05, 0.1) is 23.8 Å². The number of hydrogen-bond acceptors (Lipinski definition) is 4. The Bertz CT molecular complexity index is 925. The van der Waals surface area contributed by atoms with Crippen LogP contribution in [0.15, 0.2) is 52.2 Å². The fourth-order valence-electron chi connectivity index (χ4n) is 4.23. The van der Waals surface area contributed by atoms with Gasteiger partial charge < -0.3 is 9.64 Å². The van der Waals surface area contributed by atoms with E-state index in [2.05, 4.69) is 38.0 Å². The molecular weight excluding hydrogens is 394 g/mol. The number of carbonyl (C=O) groups excluding carboxylic acids is 1. The summed E-state index contributed by atoms with van der Waals surface area (Å²) < 4.78 is 6.98. The number of carbonyl (C=O) groups is 1. The average Bonchev–Trinajstić information content (AvgIpc) is 3.38. The standard InChI is InChI=1S/C20H18BrN3O2/c21-15-3-1-2-14(10-15)19(5-6-19)18(25)24-9-7-20(12-24)16-4-8-22-11-17(16)23-13-26-20/h1-4,8,10-11,13H,5-7,9,12H2. The van der Waals surface area contributed by atoms with Crippen LogP contribution in [0.3, 0.4) is 0 Å². The van der Waals surface area contributed by atoms with Crippen LogP contribution < -0.4 is 0 Å². The third-order valence-corrected chi connectivity index (χ3v) is 6.31. The van der Waals surface area contributed by atoms with Crippen molar-refractivity contribution in [2.45, 2.75) is 30.3 Å². The molecule has 1 aromatic carbocycles. The molecule has 5 rings (SSSR count). The van der Waals surface area contributed by atoms with Crippen LogP contribution in [0.1, 0.15) is 30.4 Å². The van der Waals surface area contributed by atoms with Crippen molar-refractivity contribution >= 4 is 33.9 Å². The number of ether oxygens (including phenoxy) is 1. The van der Waals surface area contributed by atoms with Gasteiger partial charge in [0, 0.05) is 29.2 Å². The molecule has 1 aromatic heterocycles. The number of amides is 1. The van der Waals surface area contributed by atoms with Crippen molar-refractivity contribution in [3.63, 3.8) is 0 Å². The van der Waals surface area contributed by atoms with E-state index in [1.807, 2.05) is 23.1 Å². The number of nitrogens with zero attached hydrogens (tertiary/aromatic N) is 3. The molecule has 1 atom stereocenters. The molecule has 2 aliphatic heterocycles. The minimum Gasteiger partial charge on any atom is -0.470 e. The van der Waals surface area contributed by atoms with Crippen LogP contribution in [0, 0.1) is 0 Å². The van der Waals surface area contributed by atoms with Gasteiger partial charge in [0.15, 0.2) is 12.0 Å². The molecule has 1 saturated carbocycles. The number of aliphatic imine (C=N–C) groups is 1. The summed E-state index contributed by atoms with van der Waals surface area (Å²) in [5.74, 6) is 0.217. The van der Waals surface area contributed by atoms with Gasteiger partial charge in [-0.2, -0.15) is 0 Å². The zero-order chi connectivity index (χ0) is 17.8. The van der Waals surface area contributed by atoms with Crippen LogP contribution in [0.5, 0.6) is 0 Å². The van der Waals surface area contributed by atoms with Gasteiger partial charge in [-0.3, -0.25) is 9.78 Å². The van der Waals surface area contributed by atoms with Crippen molar-refractivity contribution in [2.75, 3.05) is 13.1 Å². The monoisotopic (exact) mass is 411 g/mol. The molecule has 0 N–H and O–H groups in total. The molecule has 0 radical (unpaired) electrons. The van der Waals surface area contributed by atoms with E-state index >= 15 is 0 Å². The third-order valence-electron chi connectivity index (χ3n) is 5.82. The zero-order valence-corrected chi connectivity index (χ0v) is 15.8. The highest BCUT2D eigenvalue weighted by Crippen LogP contribution is 2.52. The molecule has 0 bridgehead atoms. The Hall–Kier alpha value is -2.21. The minimum absolute atomic E-state index is 0.217. The van der Waals surface area contributed by atoms with Gasteiger partial charge in [0.25, 0.3) is 0 Å². The SMILES string of the molecule is O=C(N1CCC2(C1)OC=Nc1cnccc12)C1(c2cccc(Br)c2)CC1. The lowest BCUT2D eigenvalue weighted by Crippen LogP contribution is -2.41. The maximum Gasteiger partial charge on any atom is 0.233 e. The van der Waals surface area contributed by atoms with Gasteiger partial charge in [-0.1, -0.05) is 28.1 Å². The van der Waals surface area contributed by atoms with Crippen LogP contribution in [0.25, 0.3) is 0 Å². The van der Waals surface area contributed by atoms with Crippen molar-refractivity contribution < 1.29 is 9.53 Å². The lowest BCUT2D eigenvalue weighted by Gasteiger charge is -2.32. The second-order valence-electron chi connectivity index (χ2n) is 7.31. The van der Waals surface area contributed by atoms with Gasteiger partial charge in [-0.05, 0) is 36.6 Å². The number of pyridine rings is 1. The molecule has 6 heteroatoms. The lowest BCUT2D eigenvalue weighted by molar-refractivity contribution is -0.133. The highest BCUT2D eigenvalue weighted by Gasteiger charge is 2.56. The summed E-state index contributed by atoms with van der Waals surface area (Å²) in [6.07, 6.45) is 7.61. The first-order chi connectivity index (χ1) is 12.6. The predicted molar refractivity (Wildman–Crippen MR) is 101 cm³/mol. The van der Waals surface area contributed by atoms with E-state index in [-0.39, 0.29) is 11.3 Å². The summed E-state index contributed by atoms with van der Waals surface area (Å²) in [5, 5.41) is 0. The summed E-state index contributed by atoms with van der Waals surface area (Å²) in [6, 6.07) is 10.1. The maximum atomic E-state index is 13.4. The molecule has 26 heavy (non-hydrogen) atoms. The highest BCUT2D eigenvalue weighted by atomic mass is 79.9. The number of hydrogen-bond donors (Lipinski definition) is 0. The molecule has 2 aromatic rings. The van der Waals surface area contributed by atoms with E-state index in [1.165, 1.54) is 6.40 Å². The Morgan fingerprint density at radius 1 is 1.23 bits per heavy atom. The molecule has 132 valence electrons. The summed E-state index contributed by atoms with van der Waals surface area (Å²) in [5.41, 5.74) is 2.11. The Balaban J connectivity index is 1.43. The smallest absolute Gasteiger partial charge is 0.233 e. The van der Waals surface area contributed by atoms with E-state index < -0.39 is 5.60 Å². The zero-order valence-electron chi connectivity index (χ0n) is 14.2. The summed E-state index contributed by atoms with van der Waals surface area (Å²) >= 11 is 3.53. The second-order valence-corrected chi connectivity index (χ2v) is 8.22. The minimum atomic E-state index is -0.497. The largest absolute Gasteiger partial charge is 0.470 e. The van der Waals surface area contributed by atoms with Crippen molar-refractivity contribution in [3.05, 3.63) is 58.3 Å². The molecule has 1 unspecified atom stereocenters.